The van der Waals surface area contributed by atoms with Crippen molar-refractivity contribution in [3.63, 3.8) is 0 Å². The largest absolute Gasteiger partial charge is 0.354 e. The lowest BCUT2D eigenvalue weighted by Gasteiger charge is -2.15. The summed E-state index contributed by atoms with van der Waals surface area (Å²) in [6, 6.07) is 25.4. The summed E-state index contributed by atoms with van der Waals surface area (Å²) >= 11 is 0. The van der Waals surface area contributed by atoms with Gasteiger partial charge in [0.2, 0.25) is 5.91 Å². The Labute approximate surface area is 188 Å². The van der Waals surface area contributed by atoms with Crippen molar-refractivity contribution < 1.29 is 9.59 Å². The molecule has 1 aliphatic heterocycles. The molecule has 6 nitrogen and oxygen atoms in total. The third kappa shape index (κ3) is 4.87. The highest BCUT2D eigenvalue weighted by Crippen LogP contribution is 2.37. The fourth-order valence-corrected chi connectivity index (χ4v) is 3.64. The van der Waals surface area contributed by atoms with Crippen LogP contribution in [0, 0.1) is 0 Å². The lowest BCUT2D eigenvalue weighted by molar-refractivity contribution is -0.121. The second-order valence-electron chi connectivity index (χ2n) is 7.95. The van der Waals surface area contributed by atoms with Crippen LogP contribution in [0.25, 0.3) is 11.3 Å². The Morgan fingerprint density at radius 3 is 2.31 bits per heavy atom. The van der Waals surface area contributed by atoms with Crippen LogP contribution in [0.4, 0.5) is 11.4 Å². The van der Waals surface area contributed by atoms with Gasteiger partial charge in [0.05, 0.1) is 17.8 Å². The Hall–Kier alpha value is -3.90. The van der Waals surface area contributed by atoms with Crippen molar-refractivity contribution in [2.24, 2.45) is 0 Å². The number of likely N-dealkylation sites (N-methyl/N-ethyl adjacent to an activating group) is 1. The zero-order valence-corrected chi connectivity index (χ0v) is 18.2. The Balaban J connectivity index is 1.60. The molecule has 3 aromatic rings. The predicted octanol–water partition coefficient (Wildman–Crippen LogP) is 3.80. The Kier molecular flexibility index (Phi) is 6.33. The van der Waals surface area contributed by atoms with E-state index in [4.69, 9.17) is 0 Å². The highest BCUT2D eigenvalue weighted by molar-refractivity contribution is 6.37. The lowest BCUT2D eigenvalue weighted by atomic mass is 10.00. The number of benzene rings is 3. The maximum absolute atomic E-state index is 12.9. The minimum atomic E-state index is -0.127. The number of nitrogens with one attached hydrogen (secondary N) is 3. The molecule has 0 saturated heterocycles. The fraction of sp³-hybridized carbons (Fsp3) is 0.154. The maximum Gasteiger partial charge on any atom is 0.258 e. The van der Waals surface area contributed by atoms with Gasteiger partial charge in [0.1, 0.15) is 0 Å². The SMILES string of the molecule is CN(C)CC(=O)NCc1ccc(N/C(=C2\C(=O)Nc3ccccc32)c2ccccc2)cc1. The lowest BCUT2D eigenvalue weighted by Crippen LogP contribution is -2.32. The summed E-state index contributed by atoms with van der Waals surface area (Å²) in [6.07, 6.45) is 0. The molecule has 3 N–H and O–H groups in total. The minimum Gasteiger partial charge on any atom is -0.354 e. The summed E-state index contributed by atoms with van der Waals surface area (Å²) in [4.78, 5) is 26.6. The average Bonchev–Trinajstić information content (AvgIpc) is 3.12. The van der Waals surface area contributed by atoms with Crippen LogP contribution < -0.4 is 16.0 Å². The highest BCUT2D eigenvalue weighted by Gasteiger charge is 2.27. The first-order chi connectivity index (χ1) is 15.5. The average molecular weight is 427 g/mol. The molecule has 0 unspecified atom stereocenters. The van der Waals surface area contributed by atoms with Crippen LogP contribution in [0.2, 0.25) is 0 Å². The van der Waals surface area contributed by atoms with E-state index in [1.807, 2.05) is 97.9 Å². The van der Waals surface area contributed by atoms with Crippen molar-refractivity contribution in [3.05, 3.63) is 95.6 Å². The number of nitrogens with zero attached hydrogens (tertiary/aromatic N) is 1. The molecule has 0 spiro atoms. The van der Waals surface area contributed by atoms with Gasteiger partial charge in [-0.2, -0.15) is 0 Å². The summed E-state index contributed by atoms with van der Waals surface area (Å²) in [7, 11) is 3.73. The molecule has 0 bridgehead atoms. The van der Waals surface area contributed by atoms with Crippen LogP contribution >= 0.6 is 0 Å². The van der Waals surface area contributed by atoms with Gasteiger partial charge >= 0.3 is 0 Å². The second kappa shape index (κ2) is 9.49. The molecule has 6 heteroatoms. The third-order valence-electron chi connectivity index (χ3n) is 5.16. The zero-order chi connectivity index (χ0) is 22.5. The Morgan fingerprint density at radius 1 is 0.906 bits per heavy atom. The van der Waals surface area contributed by atoms with Crippen molar-refractivity contribution >= 4 is 34.5 Å². The number of hydrogen-bond donors (Lipinski definition) is 3. The smallest absolute Gasteiger partial charge is 0.258 e. The normalized spacial score (nSPS) is 14.0. The standard InChI is InChI=1S/C26H26N4O2/c1-30(2)17-23(31)27-16-18-12-14-20(15-13-18)28-25(19-8-4-3-5-9-19)24-21-10-6-7-11-22(21)29-26(24)32/h3-15,28H,16-17H2,1-2H3,(H,27,31)(H,29,32)/b25-24-. The van der Waals surface area contributed by atoms with E-state index in [1.54, 1.807) is 0 Å². The molecule has 3 aromatic carbocycles. The molecule has 0 atom stereocenters. The minimum absolute atomic E-state index is 0.0146. The topological polar surface area (TPSA) is 73.5 Å². The number of fused-ring (bicyclic) bond motifs is 1. The van der Waals surface area contributed by atoms with Gasteiger partial charge in [-0.1, -0.05) is 60.7 Å². The van der Waals surface area contributed by atoms with Crippen molar-refractivity contribution in [2.75, 3.05) is 31.3 Å². The van der Waals surface area contributed by atoms with E-state index in [1.165, 1.54) is 0 Å². The van der Waals surface area contributed by atoms with Crippen LogP contribution in [-0.4, -0.2) is 37.4 Å². The molecule has 0 aromatic heterocycles. The van der Waals surface area contributed by atoms with E-state index < -0.39 is 0 Å². The molecule has 0 fully saturated rings. The fourth-order valence-electron chi connectivity index (χ4n) is 3.64. The van der Waals surface area contributed by atoms with E-state index in [0.717, 1.165) is 33.8 Å². The molecule has 32 heavy (non-hydrogen) atoms. The molecular weight excluding hydrogens is 400 g/mol. The third-order valence-corrected chi connectivity index (χ3v) is 5.16. The van der Waals surface area contributed by atoms with Crippen molar-refractivity contribution in [2.45, 2.75) is 6.54 Å². The molecule has 2 amide bonds. The molecule has 4 rings (SSSR count). The van der Waals surface area contributed by atoms with E-state index >= 15 is 0 Å². The van der Waals surface area contributed by atoms with Gasteiger partial charge in [-0.25, -0.2) is 0 Å². The van der Waals surface area contributed by atoms with Crippen molar-refractivity contribution in [1.82, 2.24) is 10.2 Å². The molecule has 162 valence electrons. The summed E-state index contributed by atoms with van der Waals surface area (Å²) in [5.74, 6) is -0.142. The molecule has 1 heterocycles. The monoisotopic (exact) mass is 426 g/mol. The van der Waals surface area contributed by atoms with E-state index in [0.29, 0.717) is 18.7 Å². The first kappa shape index (κ1) is 21.3. The summed E-state index contributed by atoms with van der Waals surface area (Å²) < 4.78 is 0. The van der Waals surface area contributed by atoms with Crippen LogP contribution in [0.1, 0.15) is 16.7 Å². The van der Waals surface area contributed by atoms with Crippen LogP contribution in [-0.2, 0) is 16.1 Å². The number of rotatable bonds is 7. The number of carbonyl (C=O) groups excluding carboxylic acids is 2. The van der Waals surface area contributed by atoms with Crippen molar-refractivity contribution in [3.8, 4) is 0 Å². The number of anilines is 2. The Morgan fingerprint density at radius 2 is 1.59 bits per heavy atom. The predicted molar refractivity (Wildman–Crippen MR) is 129 cm³/mol. The van der Waals surface area contributed by atoms with Gasteiger partial charge in [-0.15, -0.1) is 0 Å². The van der Waals surface area contributed by atoms with Gasteiger partial charge in [-0.3, -0.25) is 9.59 Å². The van der Waals surface area contributed by atoms with Gasteiger partial charge in [-0.05, 0) is 43.4 Å². The quantitative estimate of drug-likeness (QED) is 0.503. The van der Waals surface area contributed by atoms with Gasteiger partial charge in [0.25, 0.3) is 5.91 Å². The van der Waals surface area contributed by atoms with Crippen LogP contribution in [0.3, 0.4) is 0 Å². The van der Waals surface area contributed by atoms with Gasteiger partial charge in [0, 0.05) is 23.5 Å². The summed E-state index contributed by atoms with van der Waals surface area (Å²) in [5, 5.41) is 9.32. The van der Waals surface area contributed by atoms with E-state index in [9.17, 15) is 9.59 Å². The Bertz CT molecular complexity index is 1150. The molecule has 1 aliphatic rings. The van der Waals surface area contributed by atoms with E-state index in [2.05, 4.69) is 16.0 Å². The zero-order valence-electron chi connectivity index (χ0n) is 18.2. The first-order valence-corrected chi connectivity index (χ1v) is 10.5. The second-order valence-corrected chi connectivity index (χ2v) is 7.95. The number of hydrogen-bond acceptors (Lipinski definition) is 4. The van der Waals surface area contributed by atoms with E-state index in [-0.39, 0.29) is 11.8 Å². The number of amides is 2. The highest BCUT2D eigenvalue weighted by atomic mass is 16.2. The first-order valence-electron chi connectivity index (χ1n) is 10.5. The molecule has 0 radical (unpaired) electrons. The number of carbonyl (C=O) groups is 2. The van der Waals surface area contributed by atoms with Gasteiger partial charge in [0.15, 0.2) is 0 Å². The van der Waals surface area contributed by atoms with Crippen LogP contribution in [0.5, 0.6) is 0 Å². The van der Waals surface area contributed by atoms with Crippen molar-refractivity contribution in [1.29, 1.82) is 0 Å². The maximum atomic E-state index is 12.9. The molecule has 0 aliphatic carbocycles. The molecular formula is C26H26N4O2. The summed E-state index contributed by atoms with van der Waals surface area (Å²) in [5.41, 5.74) is 5.84. The summed E-state index contributed by atoms with van der Waals surface area (Å²) in [6.45, 7) is 0.826. The number of para-hydroxylation sites is 1. The molecule has 0 saturated carbocycles. The van der Waals surface area contributed by atoms with Gasteiger partial charge < -0.3 is 20.9 Å². The van der Waals surface area contributed by atoms with Crippen LogP contribution in [0.15, 0.2) is 78.9 Å².